The summed E-state index contributed by atoms with van der Waals surface area (Å²) in [5.41, 5.74) is 0.688. The number of rotatable bonds is 4. The van der Waals surface area contributed by atoms with Gasteiger partial charge in [-0.2, -0.15) is 8.78 Å². The Hall–Kier alpha value is -2.56. The Morgan fingerprint density at radius 2 is 1.90 bits per heavy atom. The molecule has 0 aliphatic rings. The maximum atomic E-state index is 14.3. The maximum absolute atomic E-state index is 14.3. The van der Waals surface area contributed by atoms with Gasteiger partial charge in [0.2, 0.25) is 0 Å². The summed E-state index contributed by atoms with van der Waals surface area (Å²) in [6.45, 7) is -0.557. The number of aromatic nitrogens is 2. The van der Waals surface area contributed by atoms with Crippen LogP contribution in [0.25, 0.3) is 11.0 Å². The van der Waals surface area contributed by atoms with Crippen molar-refractivity contribution in [2.45, 2.75) is 12.5 Å². The third kappa shape index (κ3) is 2.42. The van der Waals surface area contributed by atoms with Crippen molar-refractivity contribution in [2.75, 3.05) is 0 Å². The molecule has 21 heavy (non-hydrogen) atoms. The van der Waals surface area contributed by atoms with E-state index in [-0.39, 0.29) is 5.56 Å². The van der Waals surface area contributed by atoms with Crippen molar-refractivity contribution >= 4 is 17.3 Å². The van der Waals surface area contributed by atoms with E-state index in [1.807, 2.05) is 0 Å². The highest BCUT2D eigenvalue weighted by Crippen LogP contribution is 2.31. The van der Waals surface area contributed by atoms with Crippen LogP contribution in [0.1, 0.15) is 15.9 Å². The molecule has 1 aromatic carbocycles. The third-order valence-electron chi connectivity index (χ3n) is 3.36. The zero-order valence-electron chi connectivity index (χ0n) is 11.0. The molecule has 3 aromatic rings. The van der Waals surface area contributed by atoms with Gasteiger partial charge in [0.25, 0.3) is 5.92 Å². The molecule has 0 aliphatic carbocycles. The first-order valence-corrected chi connectivity index (χ1v) is 6.44. The highest BCUT2D eigenvalue weighted by atomic mass is 19.3. The number of benzene rings is 1. The van der Waals surface area contributed by atoms with Gasteiger partial charge in [-0.15, -0.1) is 0 Å². The quantitative estimate of drug-likeness (QED) is 0.686. The molecule has 0 atom stereocenters. The molecular formula is C16H12F2N2O. The molecule has 5 heteroatoms. The van der Waals surface area contributed by atoms with Crippen molar-refractivity contribution in [3.8, 4) is 0 Å². The molecule has 0 aliphatic heterocycles. The molecule has 2 aromatic heterocycles. The second-order valence-corrected chi connectivity index (χ2v) is 4.78. The fourth-order valence-electron chi connectivity index (χ4n) is 2.35. The number of pyridine rings is 1. The Morgan fingerprint density at radius 3 is 2.62 bits per heavy atom. The zero-order chi connectivity index (χ0) is 14.9. The van der Waals surface area contributed by atoms with E-state index in [9.17, 15) is 13.6 Å². The summed E-state index contributed by atoms with van der Waals surface area (Å²) in [7, 11) is 0. The molecule has 0 fully saturated rings. The van der Waals surface area contributed by atoms with Gasteiger partial charge in [0, 0.05) is 28.9 Å². The highest BCUT2D eigenvalue weighted by Gasteiger charge is 2.32. The third-order valence-corrected chi connectivity index (χ3v) is 3.36. The van der Waals surface area contributed by atoms with Crippen LogP contribution in [0.5, 0.6) is 0 Å². The molecular weight excluding hydrogens is 274 g/mol. The Labute approximate surface area is 119 Å². The number of alkyl halides is 2. The molecule has 3 rings (SSSR count). The summed E-state index contributed by atoms with van der Waals surface area (Å²) >= 11 is 0. The number of aldehydes is 1. The molecule has 0 bridgehead atoms. The van der Waals surface area contributed by atoms with Crippen molar-refractivity contribution in [1.82, 2.24) is 9.55 Å². The van der Waals surface area contributed by atoms with Crippen LogP contribution in [0.2, 0.25) is 0 Å². The fourth-order valence-corrected chi connectivity index (χ4v) is 2.35. The lowest BCUT2D eigenvalue weighted by molar-refractivity contribution is -0.0212. The summed E-state index contributed by atoms with van der Waals surface area (Å²) in [6.07, 6.45) is 3.59. The van der Waals surface area contributed by atoms with Gasteiger partial charge in [-0.05, 0) is 12.1 Å². The van der Waals surface area contributed by atoms with Gasteiger partial charge < -0.3 is 4.57 Å². The Balaban J connectivity index is 2.04. The average Bonchev–Trinajstić information content (AvgIpc) is 2.86. The second kappa shape index (κ2) is 5.09. The van der Waals surface area contributed by atoms with Crippen LogP contribution in [0, 0.1) is 0 Å². The highest BCUT2D eigenvalue weighted by molar-refractivity contribution is 5.95. The number of carbonyl (C=O) groups excluding carboxylic acids is 1. The van der Waals surface area contributed by atoms with Gasteiger partial charge in [0.15, 0.2) is 6.29 Å². The largest absolute Gasteiger partial charge is 0.325 e. The van der Waals surface area contributed by atoms with E-state index in [0.29, 0.717) is 22.9 Å². The molecule has 0 spiro atoms. The van der Waals surface area contributed by atoms with E-state index in [1.54, 1.807) is 30.3 Å². The van der Waals surface area contributed by atoms with Crippen molar-refractivity contribution in [2.24, 2.45) is 0 Å². The number of halogens is 2. The smallest absolute Gasteiger partial charge is 0.290 e. The summed E-state index contributed by atoms with van der Waals surface area (Å²) < 4.78 is 30.0. The molecule has 0 saturated carbocycles. The van der Waals surface area contributed by atoms with E-state index in [2.05, 4.69) is 4.98 Å². The van der Waals surface area contributed by atoms with E-state index in [0.717, 1.165) is 0 Å². The van der Waals surface area contributed by atoms with Gasteiger partial charge in [0.1, 0.15) is 5.65 Å². The molecule has 106 valence electrons. The Bertz CT molecular complexity index is 781. The minimum atomic E-state index is -3.04. The topological polar surface area (TPSA) is 34.9 Å². The number of hydrogen-bond donors (Lipinski definition) is 0. The molecule has 0 radical (unpaired) electrons. The standard InChI is InChI=1S/C16H12F2N2O/c17-16(18,13-5-2-1-3-6-13)11-20-9-12(10-21)14-7-4-8-19-15(14)20/h1-10H,11H2. The summed E-state index contributed by atoms with van der Waals surface area (Å²) in [5, 5.41) is 0.580. The molecule has 3 nitrogen and oxygen atoms in total. The lowest BCUT2D eigenvalue weighted by Crippen LogP contribution is -2.21. The Morgan fingerprint density at radius 1 is 1.14 bits per heavy atom. The van der Waals surface area contributed by atoms with Crippen LogP contribution < -0.4 is 0 Å². The molecule has 2 heterocycles. The minimum Gasteiger partial charge on any atom is -0.325 e. The van der Waals surface area contributed by atoms with E-state index < -0.39 is 12.5 Å². The Kier molecular flexibility index (Phi) is 3.25. The SMILES string of the molecule is O=Cc1cn(CC(F)(F)c2ccccc2)c2ncccc12. The zero-order valence-corrected chi connectivity index (χ0v) is 11.0. The van der Waals surface area contributed by atoms with Crippen molar-refractivity contribution < 1.29 is 13.6 Å². The fraction of sp³-hybridized carbons (Fsp3) is 0.125. The van der Waals surface area contributed by atoms with E-state index in [1.165, 1.54) is 29.1 Å². The molecule has 0 unspecified atom stereocenters. The first kappa shape index (κ1) is 13.4. The second-order valence-electron chi connectivity index (χ2n) is 4.78. The van der Waals surface area contributed by atoms with Gasteiger partial charge in [0.05, 0.1) is 6.54 Å². The van der Waals surface area contributed by atoms with Crippen LogP contribution in [0.15, 0.2) is 54.9 Å². The predicted molar refractivity (Wildman–Crippen MR) is 75.5 cm³/mol. The van der Waals surface area contributed by atoms with Crippen LogP contribution in [-0.2, 0) is 12.5 Å². The van der Waals surface area contributed by atoms with Gasteiger partial charge in [-0.25, -0.2) is 4.98 Å². The first-order chi connectivity index (χ1) is 10.1. The summed E-state index contributed by atoms with van der Waals surface area (Å²) in [5.74, 6) is -3.04. The number of carbonyl (C=O) groups is 1. The van der Waals surface area contributed by atoms with Crippen LogP contribution in [0.3, 0.4) is 0 Å². The average molecular weight is 286 g/mol. The number of hydrogen-bond acceptors (Lipinski definition) is 2. The van der Waals surface area contributed by atoms with Crippen molar-refractivity contribution in [1.29, 1.82) is 0 Å². The van der Waals surface area contributed by atoms with Crippen molar-refractivity contribution in [3.05, 3.63) is 66.0 Å². The normalized spacial score (nSPS) is 11.7. The molecule has 0 saturated heterocycles. The van der Waals surface area contributed by atoms with E-state index >= 15 is 0 Å². The maximum Gasteiger partial charge on any atom is 0.290 e. The lowest BCUT2D eigenvalue weighted by atomic mass is 10.1. The summed E-state index contributed by atoms with van der Waals surface area (Å²) in [6, 6.07) is 11.0. The van der Waals surface area contributed by atoms with Crippen LogP contribution >= 0.6 is 0 Å². The monoisotopic (exact) mass is 286 g/mol. The lowest BCUT2D eigenvalue weighted by Gasteiger charge is -2.17. The van der Waals surface area contributed by atoms with Crippen LogP contribution in [-0.4, -0.2) is 15.8 Å². The van der Waals surface area contributed by atoms with Gasteiger partial charge >= 0.3 is 0 Å². The number of fused-ring (bicyclic) bond motifs is 1. The number of nitrogens with zero attached hydrogens (tertiary/aromatic N) is 2. The van der Waals surface area contributed by atoms with Gasteiger partial charge in [-0.3, -0.25) is 4.79 Å². The predicted octanol–water partition coefficient (Wildman–Crippen LogP) is 3.64. The van der Waals surface area contributed by atoms with E-state index in [4.69, 9.17) is 0 Å². The summed E-state index contributed by atoms with van der Waals surface area (Å²) in [4.78, 5) is 15.1. The van der Waals surface area contributed by atoms with Crippen molar-refractivity contribution in [3.63, 3.8) is 0 Å². The van der Waals surface area contributed by atoms with Gasteiger partial charge in [-0.1, -0.05) is 30.3 Å². The van der Waals surface area contributed by atoms with Crippen LogP contribution in [0.4, 0.5) is 8.78 Å². The molecule has 0 amide bonds. The minimum absolute atomic E-state index is 0.0598. The molecule has 0 N–H and O–H groups in total. The first-order valence-electron chi connectivity index (χ1n) is 6.44.